The number of nitrogens with zero attached hydrogens (tertiary/aromatic N) is 1. The van der Waals surface area contributed by atoms with Crippen molar-refractivity contribution in [1.82, 2.24) is 20.9 Å². The van der Waals surface area contributed by atoms with Gasteiger partial charge in [-0.05, 0) is 49.1 Å². The number of phenolic OH excluding ortho intramolecular Hbond substituents is 1. The van der Waals surface area contributed by atoms with Crippen LogP contribution in [0, 0.1) is 0 Å². The van der Waals surface area contributed by atoms with Crippen LogP contribution >= 0.6 is 0 Å². The lowest BCUT2D eigenvalue weighted by Gasteiger charge is -2.25. The number of carbonyl (C=O) groups is 4. The van der Waals surface area contributed by atoms with Gasteiger partial charge in [-0.25, -0.2) is 4.79 Å². The highest BCUT2D eigenvalue weighted by molar-refractivity contribution is 5.95. The molecule has 3 rings (SSSR count). The van der Waals surface area contributed by atoms with E-state index in [1.807, 2.05) is 24.3 Å². The Balaban J connectivity index is 1.87. The minimum Gasteiger partial charge on any atom is -0.508 e. The molecular weight excluding hydrogens is 584 g/mol. The molecule has 5 unspecified atom stereocenters. The van der Waals surface area contributed by atoms with Crippen molar-refractivity contribution in [1.29, 1.82) is 0 Å². The molecule has 0 aliphatic carbocycles. The standard InChI is InChI=1S/C30H40N8O7/c1-16(39)25(31)28(43)36-22(7-4-12-34-30(32)33)26(41)37-23(14-18-15-35-21-6-3-2-5-20(18)21)27(42)38-24(29(44)45)13-17-8-10-19(40)11-9-17/h2-3,5-6,8-11,15-16,22-25,35,39-40H,4,7,12-14,31H2,1H3,(H,36,43)(H,37,41)(H,38,42)(H,44,45)(H4,32,33,34). The number of carbonyl (C=O) groups excluding carboxylic acids is 3. The molecule has 242 valence electrons. The van der Waals surface area contributed by atoms with Gasteiger partial charge in [-0.15, -0.1) is 0 Å². The molecule has 1 heterocycles. The Bertz CT molecular complexity index is 1500. The van der Waals surface area contributed by atoms with Crippen LogP contribution < -0.4 is 33.2 Å². The molecule has 13 N–H and O–H groups in total. The fourth-order valence-corrected chi connectivity index (χ4v) is 4.60. The number of hydrogen-bond acceptors (Lipinski definition) is 8. The lowest BCUT2D eigenvalue weighted by atomic mass is 10.0. The highest BCUT2D eigenvalue weighted by atomic mass is 16.4. The third-order valence-corrected chi connectivity index (χ3v) is 7.12. The van der Waals surface area contributed by atoms with Crippen molar-refractivity contribution < 1.29 is 34.5 Å². The number of para-hydroxylation sites is 1. The number of aromatic amines is 1. The summed E-state index contributed by atoms with van der Waals surface area (Å²) >= 11 is 0. The normalized spacial score (nSPS) is 14.4. The van der Waals surface area contributed by atoms with Crippen LogP contribution in [0.1, 0.15) is 30.9 Å². The molecule has 2 aromatic carbocycles. The minimum atomic E-state index is -1.36. The lowest BCUT2D eigenvalue weighted by Crippen LogP contribution is -2.58. The molecule has 3 aromatic rings. The Labute approximate surface area is 259 Å². The first-order valence-electron chi connectivity index (χ1n) is 14.3. The number of carboxylic acid groups (broad SMARTS) is 1. The van der Waals surface area contributed by atoms with Gasteiger partial charge in [-0.1, -0.05) is 30.3 Å². The number of carboxylic acids is 1. The third-order valence-electron chi connectivity index (χ3n) is 7.12. The number of benzene rings is 2. The zero-order valence-corrected chi connectivity index (χ0v) is 24.8. The van der Waals surface area contributed by atoms with Crippen LogP contribution in [0.2, 0.25) is 0 Å². The smallest absolute Gasteiger partial charge is 0.326 e. The Morgan fingerprint density at radius 2 is 1.51 bits per heavy atom. The molecule has 0 aliphatic heterocycles. The molecule has 0 spiro atoms. The first kappa shape index (κ1) is 34.3. The third kappa shape index (κ3) is 10.2. The summed E-state index contributed by atoms with van der Waals surface area (Å²) in [4.78, 5) is 59.0. The molecule has 0 fully saturated rings. The monoisotopic (exact) mass is 624 g/mol. The number of rotatable bonds is 16. The van der Waals surface area contributed by atoms with Crippen LogP contribution in [-0.4, -0.2) is 86.8 Å². The van der Waals surface area contributed by atoms with E-state index in [9.17, 15) is 34.5 Å². The van der Waals surface area contributed by atoms with Crippen molar-refractivity contribution in [2.45, 2.75) is 62.9 Å². The second-order valence-corrected chi connectivity index (χ2v) is 10.7. The number of nitrogens with one attached hydrogen (secondary N) is 4. The van der Waals surface area contributed by atoms with Gasteiger partial charge in [-0.3, -0.25) is 19.4 Å². The summed E-state index contributed by atoms with van der Waals surface area (Å²) in [6.07, 6.45) is 0.717. The van der Waals surface area contributed by atoms with E-state index in [0.717, 1.165) is 10.9 Å². The van der Waals surface area contributed by atoms with Crippen molar-refractivity contribution in [3.8, 4) is 5.75 Å². The first-order valence-corrected chi connectivity index (χ1v) is 14.3. The summed E-state index contributed by atoms with van der Waals surface area (Å²) in [5.41, 5.74) is 18.5. The highest BCUT2D eigenvalue weighted by Crippen LogP contribution is 2.20. The van der Waals surface area contributed by atoms with Gasteiger partial charge >= 0.3 is 5.97 Å². The summed E-state index contributed by atoms with van der Waals surface area (Å²) < 4.78 is 0. The average molecular weight is 625 g/mol. The summed E-state index contributed by atoms with van der Waals surface area (Å²) in [5.74, 6) is -3.74. The van der Waals surface area contributed by atoms with Crippen LogP contribution in [0.3, 0.4) is 0 Å². The van der Waals surface area contributed by atoms with E-state index in [-0.39, 0.29) is 43.9 Å². The van der Waals surface area contributed by atoms with E-state index in [2.05, 4.69) is 25.9 Å². The van der Waals surface area contributed by atoms with Crippen LogP contribution in [0.5, 0.6) is 5.75 Å². The maximum atomic E-state index is 13.7. The molecule has 0 saturated carbocycles. The van der Waals surface area contributed by atoms with Gasteiger partial charge in [0.1, 0.15) is 29.9 Å². The SMILES string of the molecule is CC(O)C(N)C(=O)NC(CCCN=C(N)N)C(=O)NC(Cc1c[nH]c2ccccc12)C(=O)NC(Cc1ccc(O)cc1)C(=O)O. The van der Waals surface area contributed by atoms with E-state index < -0.39 is 54.0 Å². The molecule has 5 atom stereocenters. The molecule has 3 amide bonds. The summed E-state index contributed by atoms with van der Waals surface area (Å²) in [6, 6.07) is 8.09. The van der Waals surface area contributed by atoms with Gasteiger partial charge in [-0.2, -0.15) is 0 Å². The number of guanidine groups is 1. The fraction of sp³-hybridized carbons (Fsp3) is 0.367. The molecule has 45 heavy (non-hydrogen) atoms. The van der Waals surface area contributed by atoms with E-state index >= 15 is 0 Å². The zero-order valence-electron chi connectivity index (χ0n) is 24.8. The topological polar surface area (TPSA) is 271 Å². The van der Waals surface area contributed by atoms with Crippen molar-refractivity contribution in [3.05, 3.63) is 65.9 Å². The van der Waals surface area contributed by atoms with Crippen LogP contribution in [0.15, 0.2) is 59.7 Å². The fourth-order valence-electron chi connectivity index (χ4n) is 4.60. The molecule has 0 saturated heterocycles. The Morgan fingerprint density at radius 3 is 2.16 bits per heavy atom. The van der Waals surface area contributed by atoms with Crippen molar-refractivity contribution >= 4 is 40.6 Å². The first-order chi connectivity index (χ1) is 21.3. The molecular formula is C30H40N8O7. The van der Waals surface area contributed by atoms with Gasteiger partial charge in [0.05, 0.1) is 6.10 Å². The van der Waals surface area contributed by atoms with E-state index in [1.165, 1.54) is 31.2 Å². The number of amides is 3. The maximum absolute atomic E-state index is 13.7. The second kappa shape index (κ2) is 16.1. The number of aromatic nitrogens is 1. The Morgan fingerprint density at radius 1 is 0.889 bits per heavy atom. The number of aliphatic hydroxyl groups excluding tert-OH is 1. The van der Waals surface area contributed by atoms with Gasteiger partial charge in [0.2, 0.25) is 17.7 Å². The number of aliphatic hydroxyl groups is 1. The number of aromatic hydroxyl groups is 1. The number of aliphatic imine (C=N–C) groups is 1. The largest absolute Gasteiger partial charge is 0.508 e. The summed E-state index contributed by atoms with van der Waals surface area (Å²) in [7, 11) is 0. The molecule has 0 aliphatic rings. The molecule has 0 bridgehead atoms. The predicted molar refractivity (Wildman–Crippen MR) is 167 cm³/mol. The molecule has 15 heteroatoms. The number of aliphatic carboxylic acids is 1. The predicted octanol–water partition coefficient (Wildman–Crippen LogP) is -1.04. The Hall–Kier alpha value is -5.15. The van der Waals surface area contributed by atoms with Gasteiger partial charge in [0.15, 0.2) is 5.96 Å². The summed E-state index contributed by atoms with van der Waals surface area (Å²) in [6.45, 7) is 1.48. The van der Waals surface area contributed by atoms with Gasteiger partial charge in [0, 0.05) is 36.5 Å². The van der Waals surface area contributed by atoms with Gasteiger partial charge in [0.25, 0.3) is 0 Å². The number of nitrogens with two attached hydrogens (primary N) is 3. The van der Waals surface area contributed by atoms with E-state index in [0.29, 0.717) is 11.1 Å². The summed E-state index contributed by atoms with van der Waals surface area (Å²) in [5, 5.41) is 37.7. The quantitative estimate of drug-likeness (QED) is 0.0525. The minimum absolute atomic E-state index is 0.00510. The number of phenols is 1. The van der Waals surface area contributed by atoms with Gasteiger partial charge < -0.3 is 53.5 Å². The molecule has 0 radical (unpaired) electrons. The van der Waals surface area contributed by atoms with Crippen LogP contribution in [0.25, 0.3) is 10.9 Å². The molecule has 15 nitrogen and oxygen atoms in total. The zero-order chi connectivity index (χ0) is 33.1. The number of hydrogen-bond donors (Lipinski definition) is 10. The van der Waals surface area contributed by atoms with Crippen LogP contribution in [-0.2, 0) is 32.0 Å². The van der Waals surface area contributed by atoms with Crippen molar-refractivity contribution in [2.75, 3.05) is 6.54 Å². The van der Waals surface area contributed by atoms with Crippen molar-refractivity contribution in [2.24, 2.45) is 22.2 Å². The molecule has 1 aromatic heterocycles. The Kier molecular flexibility index (Phi) is 12.3. The second-order valence-electron chi connectivity index (χ2n) is 10.7. The number of H-pyrrole nitrogens is 1. The van der Waals surface area contributed by atoms with Crippen molar-refractivity contribution in [3.63, 3.8) is 0 Å². The lowest BCUT2D eigenvalue weighted by molar-refractivity contribution is -0.142. The highest BCUT2D eigenvalue weighted by Gasteiger charge is 2.31. The number of fused-ring (bicyclic) bond motifs is 1. The van der Waals surface area contributed by atoms with E-state index in [1.54, 1.807) is 6.20 Å². The average Bonchev–Trinajstić information content (AvgIpc) is 3.40. The maximum Gasteiger partial charge on any atom is 0.326 e. The van der Waals surface area contributed by atoms with Crippen LogP contribution in [0.4, 0.5) is 0 Å². The van der Waals surface area contributed by atoms with E-state index in [4.69, 9.17) is 17.2 Å².